The smallest absolute Gasteiger partial charge is 0.257 e. The van der Waals surface area contributed by atoms with E-state index in [-0.39, 0.29) is 5.91 Å². The van der Waals surface area contributed by atoms with Crippen LogP contribution in [0, 0.1) is 0 Å². The Bertz CT molecular complexity index is 625. The van der Waals surface area contributed by atoms with Crippen LogP contribution in [0.15, 0.2) is 46.9 Å². The molecule has 2 aromatic carbocycles. The number of amides is 1. The van der Waals surface area contributed by atoms with Crippen LogP contribution >= 0.6 is 27.5 Å². The predicted octanol–water partition coefficient (Wildman–Crippen LogP) is 5.70. The molecule has 0 atom stereocenters. The molecular weight excluding hydrogens is 350 g/mol. The summed E-state index contributed by atoms with van der Waals surface area (Å²) in [6.45, 7) is 2.18. The summed E-state index contributed by atoms with van der Waals surface area (Å²) in [6.07, 6.45) is 3.43. The molecule has 0 aliphatic heterocycles. The average molecular weight is 367 g/mol. The number of carbonyl (C=O) groups excluding carboxylic acids is 1. The Morgan fingerprint density at radius 2 is 1.90 bits per heavy atom. The lowest BCUT2D eigenvalue weighted by atomic mass is 10.1. The number of unbranched alkanes of at least 4 members (excludes halogenated alkanes) is 1. The highest BCUT2D eigenvalue weighted by Crippen LogP contribution is 2.26. The van der Waals surface area contributed by atoms with Gasteiger partial charge in [-0.2, -0.15) is 0 Å². The summed E-state index contributed by atoms with van der Waals surface area (Å²) >= 11 is 9.45. The summed E-state index contributed by atoms with van der Waals surface area (Å²) in [5.74, 6) is -0.206. The maximum Gasteiger partial charge on any atom is 0.257 e. The van der Waals surface area contributed by atoms with E-state index >= 15 is 0 Å². The van der Waals surface area contributed by atoms with Crippen molar-refractivity contribution in [3.8, 4) is 0 Å². The number of halogens is 2. The van der Waals surface area contributed by atoms with Crippen LogP contribution in [0.25, 0.3) is 0 Å². The molecule has 21 heavy (non-hydrogen) atoms. The number of hydrogen-bond donors (Lipinski definition) is 1. The average Bonchev–Trinajstić information content (AvgIpc) is 2.49. The van der Waals surface area contributed by atoms with E-state index in [9.17, 15) is 4.79 Å². The molecule has 4 heteroatoms. The van der Waals surface area contributed by atoms with Crippen LogP contribution in [0.5, 0.6) is 0 Å². The van der Waals surface area contributed by atoms with Gasteiger partial charge in [0.15, 0.2) is 0 Å². The van der Waals surface area contributed by atoms with Crippen molar-refractivity contribution in [2.75, 3.05) is 5.32 Å². The maximum absolute atomic E-state index is 12.2. The van der Waals surface area contributed by atoms with Crippen molar-refractivity contribution in [1.29, 1.82) is 0 Å². The molecule has 2 nitrogen and oxygen atoms in total. The Hall–Kier alpha value is -1.32. The van der Waals surface area contributed by atoms with Gasteiger partial charge in [-0.3, -0.25) is 4.79 Å². The van der Waals surface area contributed by atoms with Gasteiger partial charge in [0.2, 0.25) is 0 Å². The van der Waals surface area contributed by atoms with E-state index in [0.29, 0.717) is 15.1 Å². The van der Waals surface area contributed by atoms with Gasteiger partial charge in [-0.25, -0.2) is 0 Å². The molecule has 0 radical (unpaired) electrons. The van der Waals surface area contributed by atoms with Crippen LogP contribution in [0.4, 0.5) is 5.69 Å². The van der Waals surface area contributed by atoms with Crippen molar-refractivity contribution in [2.45, 2.75) is 26.2 Å². The lowest BCUT2D eigenvalue weighted by molar-refractivity contribution is 0.102. The highest BCUT2D eigenvalue weighted by Gasteiger charge is 2.12. The van der Waals surface area contributed by atoms with Gasteiger partial charge in [-0.1, -0.05) is 43.1 Å². The Kier molecular flexibility index (Phi) is 5.83. The fourth-order valence-electron chi connectivity index (χ4n) is 2.01. The second-order valence-corrected chi connectivity index (χ2v) is 6.09. The molecule has 0 fully saturated rings. The Morgan fingerprint density at radius 3 is 2.57 bits per heavy atom. The zero-order valence-corrected chi connectivity index (χ0v) is 14.2. The number of carbonyl (C=O) groups is 1. The summed E-state index contributed by atoms with van der Waals surface area (Å²) in [5, 5.41) is 3.29. The second-order valence-electron chi connectivity index (χ2n) is 4.86. The normalized spacial score (nSPS) is 10.4. The SMILES string of the molecule is CCCCc1ccc(NC(=O)c2cccc(Br)c2Cl)cc1. The van der Waals surface area contributed by atoms with Gasteiger partial charge < -0.3 is 5.32 Å². The first-order valence-electron chi connectivity index (χ1n) is 6.96. The Labute approximate surface area is 138 Å². The first kappa shape index (κ1) is 16.1. The van der Waals surface area contributed by atoms with Gasteiger partial charge in [-0.05, 0) is 58.6 Å². The third kappa shape index (κ3) is 4.32. The summed E-state index contributed by atoms with van der Waals surface area (Å²) in [7, 11) is 0. The van der Waals surface area contributed by atoms with Crippen LogP contribution < -0.4 is 5.32 Å². The third-order valence-corrected chi connectivity index (χ3v) is 4.52. The van der Waals surface area contributed by atoms with Crippen molar-refractivity contribution in [3.63, 3.8) is 0 Å². The molecule has 0 heterocycles. The van der Waals surface area contributed by atoms with Gasteiger partial charge in [0.05, 0.1) is 10.6 Å². The van der Waals surface area contributed by atoms with E-state index in [0.717, 1.165) is 12.1 Å². The van der Waals surface area contributed by atoms with E-state index in [1.54, 1.807) is 12.1 Å². The van der Waals surface area contributed by atoms with Gasteiger partial charge in [0, 0.05) is 10.2 Å². The first-order chi connectivity index (χ1) is 10.1. The van der Waals surface area contributed by atoms with E-state index < -0.39 is 0 Å². The standard InChI is InChI=1S/C17H17BrClNO/c1-2-3-5-12-8-10-13(11-9-12)20-17(21)14-6-4-7-15(18)16(14)19/h4,6-11H,2-3,5H2,1H3,(H,20,21). The Morgan fingerprint density at radius 1 is 1.19 bits per heavy atom. The topological polar surface area (TPSA) is 29.1 Å². The second kappa shape index (κ2) is 7.62. The molecule has 0 saturated heterocycles. The minimum Gasteiger partial charge on any atom is -0.322 e. The first-order valence-corrected chi connectivity index (χ1v) is 8.13. The molecule has 0 bridgehead atoms. The minimum atomic E-state index is -0.206. The monoisotopic (exact) mass is 365 g/mol. The predicted molar refractivity (Wildman–Crippen MR) is 92.2 cm³/mol. The largest absolute Gasteiger partial charge is 0.322 e. The molecule has 2 rings (SSSR count). The molecular formula is C17H17BrClNO. The zero-order valence-electron chi connectivity index (χ0n) is 11.8. The number of anilines is 1. The third-order valence-electron chi connectivity index (χ3n) is 3.23. The summed E-state index contributed by atoms with van der Waals surface area (Å²) < 4.78 is 0.715. The zero-order chi connectivity index (χ0) is 15.2. The summed E-state index contributed by atoms with van der Waals surface area (Å²) in [6, 6.07) is 13.3. The summed E-state index contributed by atoms with van der Waals surface area (Å²) in [5.41, 5.74) is 2.52. The lowest BCUT2D eigenvalue weighted by Gasteiger charge is -2.08. The molecule has 0 saturated carbocycles. The van der Waals surface area contributed by atoms with Gasteiger partial charge in [-0.15, -0.1) is 0 Å². The van der Waals surface area contributed by atoms with Crippen LogP contribution in [0.1, 0.15) is 35.7 Å². The fraction of sp³-hybridized carbons (Fsp3) is 0.235. The van der Waals surface area contributed by atoms with E-state index in [1.165, 1.54) is 18.4 Å². The van der Waals surface area contributed by atoms with Crippen LogP contribution in [-0.2, 0) is 6.42 Å². The van der Waals surface area contributed by atoms with Crippen molar-refractivity contribution < 1.29 is 4.79 Å². The van der Waals surface area contributed by atoms with E-state index in [2.05, 4.69) is 28.2 Å². The van der Waals surface area contributed by atoms with Crippen LogP contribution in [0.2, 0.25) is 5.02 Å². The van der Waals surface area contributed by atoms with Crippen molar-refractivity contribution in [2.24, 2.45) is 0 Å². The van der Waals surface area contributed by atoms with Gasteiger partial charge in [0.25, 0.3) is 5.91 Å². The lowest BCUT2D eigenvalue weighted by Crippen LogP contribution is -2.12. The molecule has 1 N–H and O–H groups in total. The number of nitrogens with one attached hydrogen (secondary N) is 1. The highest BCUT2D eigenvalue weighted by atomic mass is 79.9. The number of rotatable bonds is 5. The highest BCUT2D eigenvalue weighted by molar-refractivity contribution is 9.10. The number of hydrogen-bond acceptors (Lipinski definition) is 1. The van der Waals surface area contributed by atoms with E-state index in [4.69, 9.17) is 11.6 Å². The molecule has 1 amide bonds. The number of benzene rings is 2. The Balaban J connectivity index is 2.07. The molecule has 0 spiro atoms. The van der Waals surface area contributed by atoms with Crippen molar-refractivity contribution in [3.05, 3.63) is 63.1 Å². The number of aryl methyl sites for hydroxylation is 1. The molecule has 110 valence electrons. The maximum atomic E-state index is 12.2. The van der Waals surface area contributed by atoms with Gasteiger partial charge >= 0.3 is 0 Å². The molecule has 0 aromatic heterocycles. The van der Waals surface area contributed by atoms with E-state index in [1.807, 2.05) is 30.3 Å². The van der Waals surface area contributed by atoms with Crippen molar-refractivity contribution >= 4 is 39.1 Å². The molecule has 0 aliphatic rings. The minimum absolute atomic E-state index is 0.206. The van der Waals surface area contributed by atoms with Crippen molar-refractivity contribution in [1.82, 2.24) is 0 Å². The van der Waals surface area contributed by atoms with Crippen LogP contribution in [-0.4, -0.2) is 5.91 Å². The summed E-state index contributed by atoms with van der Waals surface area (Å²) in [4.78, 5) is 12.2. The van der Waals surface area contributed by atoms with Crippen LogP contribution in [0.3, 0.4) is 0 Å². The van der Waals surface area contributed by atoms with Gasteiger partial charge in [0.1, 0.15) is 0 Å². The molecule has 0 aliphatic carbocycles. The molecule has 0 unspecified atom stereocenters. The quantitative estimate of drug-likeness (QED) is 0.723. The molecule has 2 aromatic rings. The fourth-order valence-corrected chi connectivity index (χ4v) is 2.59.